The third-order valence-electron chi connectivity index (χ3n) is 4.78. The molecule has 166 valence electrons. The number of ether oxygens (including phenoxy) is 1. The molecule has 0 radical (unpaired) electrons. The Balaban J connectivity index is 1.82. The molecule has 2 N–H and O–H groups in total. The van der Waals surface area contributed by atoms with E-state index in [2.05, 4.69) is 14.8 Å². The highest BCUT2D eigenvalue weighted by atomic mass is 19.4. The van der Waals surface area contributed by atoms with Crippen LogP contribution in [0.25, 0.3) is 11.0 Å². The van der Waals surface area contributed by atoms with Crippen LogP contribution in [0.1, 0.15) is 30.1 Å². The first-order valence-electron chi connectivity index (χ1n) is 9.04. The molecule has 1 unspecified atom stereocenters. The minimum absolute atomic E-state index is 0.0838. The molecule has 1 fully saturated rings. The predicted molar refractivity (Wildman–Crippen MR) is 93.6 cm³/mol. The van der Waals surface area contributed by atoms with Gasteiger partial charge in [0.2, 0.25) is 0 Å². The van der Waals surface area contributed by atoms with Crippen LogP contribution in [-0.4, -0.2) is 37.4 Å². The topological polar surface area (TPSA) is 93.0 Å². The number of nitrogens with zero attached hydrogens (tertiary/aromatic N) is 3. The maximum atomic E-state index is 13.0. The van der Waals surface area contributed by atoms with E-state index in [1.165, 1.54) is 12.1 Å². The average molecular weight is 448 g/mol. The lowest BCUT2D eigenvalue weighted by atomic mass is 10.0. The minimum Gasteiger partial charge on any atom is -0.480 e. The standard InChI is InChI=1S/C18H14F6N4O3/c19-17(20,21)7-11-12-14(25-16(30)26-15(12)29)28(27-11)13(8-1-2-8)9-3-5-10(6-4-9)31-18(22,23)24/h3-6,8,13H,1-2,7H2,(H2,25,26,29,30). The minimum atomic E-state index is -4.87. The average Bonchev–Trinajstić information content (AvgIpc) is 3.38. The Hall–Kier alpha value is -3.25. The van der Waals surface area contributed by atoms with Gasteiger partial charge in [0.25, 0.3) is 11.6 Å². The van der Waals surface area contributed by atoms with E-state index in [-0.39, 0.29) is 11.6 Å². The second-order valence-electron chi connectivity index (χ2n) is 7.17. The number of aromatic nitrogens is 4. The molecule has 7 nitrogen and oxygen atoms in total. The van der Waals surface area contributed by atoms with Crippen molar-refractivity contribution < 1.29 is 36.2 Å². The molecule has 0 saturated heterocycles. The van der Waals surface area contributed by atoms with E-state index in [9.17, 15) is 36.2 Å². The van der Waals surface area contributed by atoms with Crippen molar-refractivity contribution in [2.75, 3.05) is 0 Å². The molecule has 3 aromatic rings. The number of hydrogen-bond donors (Lipinski definition) is 2. The fourth-order valence-corrected chi connectivity index (χ4v) is 3.50. The van der Waals surface area contributed by atoms with Crippen LogP contribution in [0.2, 0.25) is 0 Å². The van der Waals surface area contributed by atoms with Gasteiger partial charge < -0.3 is 9.84 Å². The summed E-state index contributed by atoms with van der Waals surface area (Å²) in [4.78, 5) is 18.0. The number of benzene rings is 1. The summed E-state index contributed by atoms with van der Waals surface area (Å²) in [7, 11) is 0. The first-order chi connectivity index (χ1) is 14.4. The Kier molecular flexibility index (Phi) is 4.85. The second kappa shape index (κ2) is 7.17. The van der Waals surface area contributed by atoms with Gasteiger partial charge in [-0.25, -0.2) is 4.68 Å². The maximum absolute atomic E-state index is 13.0. The highest BCUT2D eigenvalue weighted by Crippen LogP contribution is 2.45. The van der Waals surface area contributed by atoms with Crippen LogP contribution >= 0.6 is 0 Å². The van der Waals surface area contributed by atoms with E-state index in [1.807, 2.05) is 4.98 Å². The van der Waals surface area contributed by atoms with Gasteiger partial charge in [-0.1, -0.05) is 12.1 Å². The molecule has 2 heterocycles. The van der Waals surface area contributed by atoms with Crippen molar-refractivity contribution in [2.24, 2.45) is 5.92 Å². The quantitative estimate of drug-likeness (QED) is 0.579. The molecule has 4 rings (SSSR count). The van der Waals surface area contributed by atoms with Gasteiger partial charge in [-0.3, -0.25) is 9.78 Å². The van der Waals surface area contributed by atoms with Gasteiger partial charge in [0.1, 0.15) is 11.1 Å². The van der Waals surface area contributed by atoms with E-state index in [0.29, 0.717) is 18.4 Å². The van der Waals surface area contributed by atoms with Crippen molar-refractivity contribution in [3.63, 3.8) is 0 Å². The summed E-state index contributed by atoms with van der Waals surface area (Å²) in [6.07, 6.45) is -9.62. The zero-order valence-electron chi connectivity index (χ0n) is 15.5. The summed E-state index contributed by atoms with van der Waals surface area (Å²) in [5.74, 6) is -0.541. The monoisotopic (exact) mass is 448 g/mol. The number of nitrogens with one attached hydrogen (secondary N) is 1. The maximum Gasteiger partial charge on any atom is 0.573 e. The van der Waals surface area contributed by atoms with Gasteiger partial charge in [-0.15, -0.1) is 13.2 Å². The van der Waals surface area contributed by atoms with Crippen LogP contribution in [0.3, 0.4) is 0 Å². The van der Waals surface area contributed by atoms with Crippen LogP contribution in [0, 0.1) is 5.92 Å². The fourth-order valence-electron chi connectivity index (χ4n) is 3.50. The molecular weight excluding hydrogens is 434 g/mol. The third-order valence-corrected chi connectivity index (χ3v) is 4.78. The van der Waals surface area contributed by atoms with Crippen molar-refractivity contribution in [3.8, 4) is 11.8 Å². The number of rotatable bonds is 5. The van der Waals surface area contributed by atoms with Crippen LogP contribution in [0.4, 0.5) is 26.3 Å². The zero-order chi connectivity index (χ0) is 22.6. The largest absolute Gasteiger partial charge is 0.573 e. The van der Waals surface area contributed by atoms with E-state index in [4.69, 9.17) is 0 Å². The normalized spacial score (nSPS) is 15.9. The van der Waals surface area contributed by atoms with E-state index in [1.54, 1.807) is 0 Å². The molecule has 13 heteroatoms. The lowest BCUT2D eigenvalue weighted by Crippen LogP contribution is -2.18. The number of H-pyrrole nitrogens is 1. The summed E-state index contributed by atoms with van der Waals surface area (Å²) >= 11 is 0. The molecule has 0 spiro atoms. The molecule has 1 aromatic carbocycles. The molecule has 1 aliphatic carbocycles. The van der Waals surface area contributed by atoms with Crippen LogP contribution in [-0.2, 0) is 6.42 Å². The number of alkyl halides is 6. The van der Waals surface area contributed by atoms with E-state index >= 15 is 0 Å². The Morgan fingerprint density at radius 3 is 2.35 bits per heavy atom. The Morgan fingerprint density at radius 1 is 1.16 bits per heavy atom. The zero-order valence-corrected chi connectivity index (χ0v) is 15.5. The molecule has 1 saturated carbocycles. The number of aromatic amines is 1. The van der Waals surface area contributed by atoms with Gasteiger partial charge in [-0.2, -0.15) is 23.3 Å². The lowest BCUT2D eigenvalue weighted by molar-refractivity contribution is -0.274. The van der Waals surface area contributed by atoms with Gasteiger partial charge in [0.15, 0.2) is 5.65 Å². The van der Waals surface area contributed by atoms with Crippen LogP contribution in [0.15, 0.2) is 29.1 Å². The number of fused-ring (bicyclic) bond motifs is 1. The van der Waals surface area contributed by atoms with Gasteiger partial charge >= 0.3 is 12.5 Å². The molecule has 0 amide bonds. The summed E-state index contributed by atoms with van der Waals surface area (Å²) < 4.78 is 81.2. The van der Waals surface area contributed by atoms with E-state index in [0.717, 1.165) is 16.8 Å². The predicted octanol–water partition coefficient (Wildman–Crippen LogP) is 3.83. The smallest absolute Gasteiger partial charge is 0.480 e. The molecule has 1 aliphatic rings. The first kappa shape index (κ1) is 21.0. The summed E-state index contributed by atoms with van der Waals surface area (Å²) in [6, 6.07) is 3.36. The SMILES string of the molecule is O=c1[nH]c(O)nc2c1c(CC(F)(F)F)nn2C(c1ccc(OC(F)(F)F)cc1)C1CC1. The highest BCUT2D eigenvalue weighted by Gasteiger charge is 2.38. The molecular formula is C18H14F6N4O3. The molecule has 0 aliphatic heterocycles. The fraction of sp³-hybridized carbons (Fsp3) is 0.389. The Morgan fingerprint density at radius 2 is 1.81 bits per heavy atom. The highest BCUT2D eigenvalue weighted by molar-refractivity contribution is 5.78. The summed E-state index contributed by atoms with van der Waals surface area (Å²) in [6.45, 7) is 0. The number of halogens is 6. The first-order valence-corrected chi connectivity index (χ1v) is 9.04. The summed E-state index contributed by atoms with van der Waals surface area (Å²) in [5.41, 5.74) is -1.33. The number of hydrogen-bond acceptors (Lipinski definition) is 5. The molecule has 31 heavy (non-hydrogen) atoms. The van der Waals surface area contributed by atoms with Crippen molar-refractivity contribution in [1.82, 2.24) is 19.7 Å². The number of aromatic hydroxyl groups is 1. The molecule has 0 bridgehead atoms. The van der Waals surface area contributed by atoms with E-state index < -0.39 is 53.4 Å². The Labute approximate surface area is 169 Å². The molecule has 1 atom stereocenters. The van der Waals surface area contributed by atoms with Gasteiger partial charge in [0, 0.05) is 0 Å². The Bertz CT molecular complexity index is 1160. The van der Waals surface area contributed by atoms with Crippen molar-refractivity contribution >= 4 is 11.0 Å². The van der Waals surface area contributed by atoms with Crippen LogP contribution in [0.5, 0.6) is 11.8 Å². The third kappa shape index (κ3) is 4.59. The van der Waals surface area contributed by atoms with Crippen molar-refractivity contribution in [3.05, 3.63) is 45.9 Å². The van der Waals surface area contributed by atoms with Crippen LogP contribution < -0.4 is 10.3 Å². The summed E-state index contributed by atoms with van der Waals surface area (Å²) in [5, 5.41) is 13.3. The lowest BCUT2D eigenvalue weighted by Gasteiger charge is -2.19. The van der Waals surface area contributed by atoms with Crippen molar-refractivity contribution in [1.29, 1.82) is 0 Å². The second-order valence-corrected chi connectivity index (χ2v) is 7.17. The molecule has 2 aromatic heterocycles. The van der Waals surface area contributed by atoms with Gasteiger partial charge in [-0.05, 0) is 36.5 Å². The van der Waals surface area contributed by atoms with Crippen molar-refractivity contribution in [2.45, 2.75) is 37.8 Å². The van der Waals surface area contributed by atoms with Gasteiger partial charge in [0.05, 0.1) is 18.2 Å².